The average molecular weight is 242 g/mol. The molecular weight excluding hydrogens is 228 g/mol. The molecule has 1 aromatic rings. The number of nitrogens with one attached hydrogen (secondary N) is 1. The molecule has 8 nitrogen and oxygen atoms in total. The van der Waals surface area contributed by atoms with Gasteiger partial charge in [0, 0.05) is 13.0 Å². The third-order valence-electron chi connectivity index (χ3n) is 1.86. The Morgan fingerprint density at radius 1 is 1.59 bits per heavy atom. The Labute approximate surface area is 97.5 Å². The van der Waals surface area contributed by atoms with Crippen LogP contribution in [0, 0.1) is 0 Å². The Bertz CT molecular complexity index is 390. The van der Waals surface area contributed by atoms with Crippen LogP contribution < -0.4 is 5.32 Å². The Morgan fingerprint density at radius 2 is 2.35 bits per heavy atom. The van der Waals surface area contributed by atoms with Gasteiger partial charge in [-0.15, -0.1) is 5.10 Å². The number of hydrogen-bond acceptors (Lipinski definition) is 6. The number of carbonyl (C=O) groups is 2. The first-order valence-electron chi connectivity index (χ1n) is 5.19. The molecule has 1 amide bonds. The van der Waals surface area contributed by atoms with Gasteiger partial charge in [0.2, 0.25) is 0 Å². The van der Waals surface area contributed by atoms with Crippen LogP contribution in [0.3, 0.4) is 0 Å². The number of aromatic nitrogens is 3. The highest BCUT2D eigenvalue weighted by Gasteiger charge is 2.10. The van der Waals surface area contributed by atoms with E-state index in [2.05, 4.69) is 15.6 Å². The maximum absolute atomic E-state index is 11.4. The molecule has 1 aromatic heterocycles. The van der Waals surface area contributed by atoms with E-state index in [1.807, 2.05) is 0 Å². The number of hydrogen-bond donors (Lipinski definition) is 2. The van der Waals surface area contributed by atoms with Gasteiger partial charge < -0.3 is 15.3 Å². The van der Waals surface area contributed by atoms with Gasteiger partial charge in [-0.1, -0.05) is 4.85 Å². The van der Waals surface area contributed by atoms with Crippen LogP contribution in [0.15, 0.2) is 6.20 Å². The normalized spacial score (nSPS) is 9.94. The Balaban J connectivity index is 2.19. The Kier molecular flexibility index (Phi) is 4.92. The number of esters is 1. The van der Waals surface area contributed by atoms with Crippen molar-refractivity contribution in [1.29, 1.82) is 0 Å². The molecule has 0 aliphatic heterocycles. The van der Waals surface area contributed by atoms with Crippen LogP contribution in [0.25, 0.3) is 0 Å². The van der Waals surface area contributed by atoms with Crippen LogP contribution >= 0.6 is 0 Å². The third kappa shape index (κ3) is 4.49. The first-order valence-corrected chi connectivity index (χ1v) is 5.19. The van der Waals surface area contributed by atoms with Crippen LogP contribution in [0.1, 0.15) is 30.3 Å². The van der Waals surface area contributed by atoms with E-state index in [4.69, 9.17) is 9.94 Å². The van der Waals surface area contributed by atoms with Gasteiger partial charge >= 0.3 is 5.97 Å². The zero-order chi connectivity index (χ0) is 12.7. The zero-order valence-electron chi connectivity index (χ0n) is 9.42. The Morgan fingerprint density at radius 3 is 2.94 bits per heavy atom. The van der Waals surface area contributed by atoms with E-state index >= 15 is 0 Å². The third-order valence-corrected chi connectivity index (χ3v) is 1.86. The maximum Gasteiger partial charge on any atom is 0.305 e. The van der Waals surface area contributed by atoms with Gasteiger partial charge in [-0.05, 0) is 18.6 Å². The summed E-state index contributed by atoms with van der Waals surface area (Å²) in [5, 5.41) is 18.0. The molecule has 1 heterocycles. The molecule has 1 rings (SSSR count). The standard InChI is InChI=1S/C9H14N4O4/c1-2-17-8(14)4-3-5-10-9(15)7-6-13(16)12-11-7/h6,16H,2-5H2,1H3,(H,10,15). The highest BCUT2D eigenvalue weighted by molar-refractivity contribution is 5.91. The van der Waals surface area contributed by atoms with Crippen molar-refractivity contribution in [3.05, 3.63) is 11.9 Å². The predicted octanol–water partition coefficient (Wildman–Crippen LogP) is -0.412. The van der Waals surface area contributed by atoms with E-state index in [-0.39, 0.29) is 18.1 Å². The van der Waals surface area contributed by atoms with Gasteiger partial charge in [0.05, 0.1) is 12.8 Å². The largest absolute Gasteiger partial charge is 0.466 e. The van der Waals surface area contributed by atoms with E-state index in [0.717, 1.165) is 6.20 Å². The highest BCUT2D eigenvalue weighted by Crippen LogP contribution is 1.94. The lowest BCUT2D eigenvalue weighted by Crippen LogP contribution is -2.25. The first-order chi connectivity index (χ1) is 8.13. The van der Waals surface area contributed by atoms with Gasteiger partial charge in [-0.25, -0.2) is 0 Å². The van der Waals surface area contributed by atoms with Crippen molar-refractivity contribution in [2.24, 2.45) is 0 Å². The topological polar surface area (TPSA) is 106 Å². The summed E-state index contributed by atoms with van der Waals surface area (Å²) < 4.78 is 4.73. The zero-order valence-corrected chi connectivity index (χ0v) is 9.42. The van der Waals surface area contributed by atoms with Crippen molar-refractivity contribution in [1.82, 2.24) is 20.5 Å². The molecule has 0 saturated heterocycles. The van der Waals surface area contributed by atoms with Crippen LogP contribution in [0.2, 0.25) is 0 Å². The van der Waals surface area contributed by atoms with Crippen molar-refractivity contribution >= 4 is 11.9 Å². The number of carbonyl (C=O) groups excluding carboxylic acids is 2. The first kappa shape index (κ1) is 12.9. The minimum absolute atomic E-state index is 0.0173. The summed E-state index contributed by atoms with van der Waals surface area (Å²) in [6.07, 6.45) is 1.82. The SMILES string of the molecule is CCOC(=O)CCCNC(=O)c1cn(O)nn1. The van der Waals surface area contributed by atoms with Crippen molar-refractivity contribution in [2.45, 2.75) is 19.8 Å². The molecule has 94 valence electrons. The molecule has 0 atom stereocenters. The molecule has 8 heteroatoms. The quantitative estimate of drug-likeness (QED) is 0.399. The van der Waals surface area contributed by atoms with Gasteiger partial charge in [0.15, 0.2) is 5.69 Å². The molecule has 2 N–H and O–H groups in total. The van der Waals surface area contributed by atoms with Gasteiger partial charge in [0.1, 0.15) is 0 Å². The summed E-state index contributed by atoms with van der Waals surface area (Å²) in [7, 11) is 0. The van der Waals surface area contributed by atoms with E-state index in [0.29, 0.717) is 24.4 Å². The van der Waals surface area contributed by atoms with Crippen LogP contribution in [0.4, 0.5) is 0 Å². The predicted molar refractivity (Wildman–Crippen MR) is 55.4 cm³/mol. The van der Waals surface area contributed by atoms with E-state index < -0.39 is 5.91 Å². The maximum atomic E-state index is 11.4. The molecule has 0 bridgehead atoms. The van der Waals surface area contributed by atoms with Crippen molar-refractivity contribution in [3.63, 3.8) is 0 Å². The minimum Gasteiger partial charge on any atom is -0.466 e. The van der Waals surface area contributed by atoms with Crippen LogP contribution in [-0.4, -0.2) is 45.4 Å². The van der Waals surface area contributed by atoms with Crippen LogP contribution in [0.5, 0.6) is 0 Å². The lowest BCUT2D eigenvalue weighted by molar-refractivity contribution is -0.143. The molecule has 0 fully saturated rings. The molecule has 0 unspecified atom stereocenters. The summed E-state index contributed by atoms with van der Waals surface area (Å²) in [5.41, 5.74) is 0.0173. The van der Waals surface area contributed by atoms with Gasteiger partial charge in [-0.2, -0.15) is 0 Å². The molecule has 0 saturated carbocycles. The van der Waals surface area contributed by atoms with Crippen molar-refractivity contribution < 1.29 is 19.5 Å². The van der Waals surface area contributed by atoms with Crippen molar-refractivity contribution in [3.8, 4) is 0 Å². The van der Waals surface area contributed by atoms with E-state index in [1.54, 1.807) is 6.92 Å². The number of nitrogens with zero attached hydrogens (tertiary/aromatic N) is 3. The summed E-state index contributed by atoms with van der Waals surface area (Å²) in [6.45, 7) is 2.42. The summed E-state index contributed by atoms with van der Waals surface area (Å²) in [4.78, 5) is 22.8. The van der Waals surface area contributed by atoms with Crippen LogP contribution in [-0.2, 0) is 9.53 Å². The average Bonchev–Trinajstić information content (AvgIpc) is 2.71. The Hall–Kier alpha value is -2.12. The molecule has 0 spiro atoms. The fourth-order valence-corrected chi connectivity index (χ4v) is 1.12. The van der Waals surface area contributed by atoms with E-state index in [1.165, 1.54) is 0 Å². The summed E-state index contributed by atoms with van der Waals surface area (Å²) >= 11 is 0. The molecule has 0 radical (unpaired) electrons. The fraction of sp³-hybridized carbons (Fsp3) is 0.556. The molecule has 17 heavy (non-hydrogen) atoms. The summed E-state index contributed by atoms with van der Waals surface area (Å²) in [6, 6.07) is 0. The smallest absolute Gasteiger partial charge is 0.305 e. The second-order valence-corrected chi connectivity index (χ2v) is 3.19. The molecule has 0 aliphatic carbocycles. The molecule has 0 aliphatic rings. The molecular formula is C9H14N4O4. The second kappa shape index (κ2) is 6.46. The number of rotatable bonds is 6. The number of ether oxygens (including phenoxy) is 1. The van der Waals surface area contributed by atoms with E-state index in [9.17, 15) is 9.59 Å². The summed E-state index contributed by atoms with van der Waals surface area (Å²) in [5.74, 6) is -0.739. The van der Waals surface area contributed by atoms with Crippen molar-refractivity contribution in [2.75, 3.05) is 13.2 Å². The monoisotopic (exact) mass is 242 g/mol. The lowest BCUT2D eigenvalue weighted by atomic mass is 10.3. The lowest BCUT2D eigenvalue weighted by Gasteiger charge is -2.02. The minimum atomic E-state index is -0.450. The van der Waals surface area contributed by atoms with Gasteiger partial charge in [0.25, 0.3) is 5.91 Å². The molecule has 0 aromatic carbocycles. The highest BCUT2D eigenvalue weighted by atomic mass is 16.5. The fourth-order valence-electron chi connectivity index (χ4n) is 1.12. The second-order valence-electron chi connectivity index (χ2n) is 3.19. The number of amides is 1. The van der Waals surface area contributed by atoms with Gasteiger partial charge in [-0.3, -0.25) is 9.59 Å².